The van der Waals surface area contributed by atoms with E-state index in [1.54, 1.807) is 12.1 Å². The lowest BCUT2D eigenvalue weighted by atomic mass is 10.0. The lowest BCUT2D eigenvalue weighted by Gasteiger charge is -2.11. The number of Topliss-reactive ketones (excluding diaryl/α,β-unsaturated/α-hetero) is 1. The van der Waals surface area contributed by atoms with Crippen molar-refractivity contribution in [3.63, 3.8) is 0 Å². The van der Waals surface area contributed by atoms with Crippen LogP contribution in [0.2, 0.25) is 0 Å². The summed E-state index contributed by atoms with van der Waals surface area (Å²) in [5.74, 6) is -1.26. The van der Waals surface area contributed by atoms with Crippen molar-refractivity contribution in [2.24, 2.45) is 0 Å². The number of hydrogen-bond donors (Lipinski definition) is 1. The van der Waals surface area contributed by atoms with Gasteiger partial charge in [-0.3, -0.25) is 9.59 Å². The third-order valence-corrected chi connectivity index (χ3v) is 3.43. The van der Waals surface area contributed by atoms with Crippen LogP contribution in [-0.4, -0.2) is 30.3 Å². The van der Waals surface area contributed by atoms with Crippen molar-refractivity contribution >= 4 is 17.7 Å². The maximum Gasteiger partial charge on any atom is 0.328 e. The standard InChI is InChI=1S/C19H19NO4/c1-13(20-14(2)21)19(23)24-12-18(22)17-10-8-16(9-11-17)15-6-4-3-5-7-15/h3-11,13H,12H2,1-2H3,(H,20,21)/t13-/m1/s1. The molecule has 5 nitrogen and oxygen atoms in total. The summed E-state index contributed by atoms with van der Waals surface area (Å²) >= 11 is 0. The van der Waals surface area contributed by atoms with E-state index in [0.29, 0.717) is 5.56 Å². The Morgan fingerprint density at radius 1 is 0.958 bits per heavy atom. The van der Waals surface area contributed by atoms with Gasteiger partial charge >= 0.3 is 5.97 Å². The number of hydrogen-bond acceptors (Lipinski definition) is 4. The zero-order valence-corrected chi connectivity index (χ0v) is 13.6. The first-order chi connectivity index (χ1) is 11.5. The van der Waals surface area contributed by atoms with Crippen LogP contribution in [0.25, 0.3) is 11.1 Å². The van der Waals surface area contributed by atoms with Crippen LogP contribution in [0.5, 0.6) is 0 Å². The molecule has 0 aromatic heterocycles. The van der Waals surface area contributed by atoms with Gasteiger partial charge in [0.1, 0.15) is 6.04 Å². The minimum atomic E-state index is -0.782. The highest BCUT2D eigenvalue weighted by Crippen LogP contribution is 2.19. The Labute approximate surface area is 140 Å². The van der Waals surface area contributed by atoms with Crippen molar-refractivity contribution in [3.8, 4) is 11.1 Å². The monoisotopic (exact) mass is 325 g/mol. The summed E-state index contributed by atoms with van der Waals surface area (Å²) < 4.78 is 4.93. The van der Waals surface area contributed by atoms with E-state index in [2.05, 4.69) is 5.32 Å². The van der Waals surface area contributed by atoms with Crippen LogP contribution in [0.1, 0.15) is 24.2 Å². The van der Waals surface area contributed by atoms with E-state index in [1.165, 1.54) is 13.8 Å². The number of rotatable bonds is 6. The van der Waals surface area contributed by atoms with E-state index in [0.717, 1.165) is 11.1 Å². The highest BCUT2D eigenvalue weighted by atomic mass is 16.5. The molecule has 5 heteroatoms. The molecule has 2 aromatic rings. The molecular formula is C19H19NO4. The third-order valence-electron chi connectivity index (χ3n) is 3.43. The predicted octanol–water partition coefficient (Wildman–Crippen LogP) is 2.60. The molecular weight excluding hydrogens is 306 g/mol. The van der Waals surface area contributed by atoms with Gasteiger partial charge in [-0.25, -0.2) is 4.79 Å². The van der Waals surface area contributed by atoms with Gasteiger partial charge in [0.25, 0.3) is 0 Å². The molecule has 0 saturated heterocycles. The molecule has 0 unspecified atom stereocenters. The Kier molecular flexibility index (Phi) is 5.84. The molecule has 0 spiro atoms. The zero-order chi connectivity index (χ0) is 17.5. The first kappa shape index (κ1) is 17.4. The van der Waals surface area contributed by atoms with E-state index in [-0.39, 0.29) is 18.3 Å². The van der Waals surface area contributed by atoms with Crippen LogP contribution < -0.4 is 5.32 Å². The molecule has 0 heterocycles. The van der Waals surface area contributed by atoms with Crippen LogP contribution in [0.15, 0.2) is 54.6 Å². The Hall–Kier alpha value is -2.95. The second-order valence-corrected chi connectivity index (χ2v) is 5.40. The van der Waals surface area contributed by atoms with Gasteiger partial charge in [-0.05, 0) is 18.1 Å². The summed E-state index contributed by atoms with van der Waals surface area (Å²) in [5, 5.41) is 2.41. The normalized spacial score (nSPS) is 11.4. The van der Waals surface area contributed by atoms with Gasteiger partial charge in [-0.2, -0.15) is 0 Å². The Morgan fingerprint density at radius 2 is 1.54 bits per heavy atom. The molecule has 0 aliphatic carbocycles. The van der Waals surface area contributed by atoms with Crippen molar-refractivity contribution < 1.29 is 19.1 Å². The number of amides is 1. The lowest BCUT2D eigenvalue weighted by molar-refractivity contribution is -0.146. The zero-order valence-electron chi connectivity index (χ0n) is 13.6. The topological polar surface area (TPSA) is 72.5 Å². The van der Waals surface area contributed by atoms with Gasteiger partial charge < -0.3 is 10.1 Å². The van der Waals surface area contributed by atoms with Gasteiger partial charge in [0.15, 0.2) is 12.4 Å². The van der Waals surface area contributed by atoms with Gasteiger partial charge in [-0.1, -0.05) is 54.6 Å². The van der Waals surface area contributed by atoms with E-state index in [4.69, 9.17) is 4.74 Å². The van der Waals surface area contributed by atoms with Crippen molar-refractivity contribution in [3.05, 3.63) is 60.2 Å². The first-order valence-electron chi connectivity index (χ1n) is 7.60. The highest BCUT2D eigenvalue weighted by molar-refractivity contribution is 5.98. The van der Waals surface area contributed by atoms with Gasteiger partial charge in [0.05, 0.1) is 0 Å². The third kappa shape index (κ3) is 4.78. The maximum absolute atomic E-state index is 12.1. The Bertz CT molecular complexity index is 723. The smallest absolute Gasteiger partial charge is 0.328 e. The molecule has 24 heavy (non-hydrogen) atoms. The average Bonchev–Trinajstić information content (AvgIpc) is 2.59. The molecule has 0 bridgehead atoms. The second kappa shape index (κ2) is 8.06. The van der Waals surface area contributed by atoms with Crippen molar-refractivity contribution in [1.29, 1.82) is 0 Å². The van der Waals surface area contributed by atoms with E-state index >= 15 is 0 Å². The minimum absolute atomic E-state index is 0.294. The summed E-state index contributed by atoms with van der Waals surface area (Å²) in [5.41, 5.74) is 2.53. The number of benzene rings is 2. The molecule has 124 valence electrons. The van der Waals surface area contributed by atoms with Gasteiger partial charge in [0.2, 0.25) is 5.91 Å². The Morgan fingerprint density at radius 3 is 2.12 bits per heavy atom. The van der Waals surface area contributed by atoms with Gasteiger partial charge in [0, 0.05) is 12.5 Å². The summed E-state index contributed by atoms with van der Waals surface area (Å²) in [7, 11) is 0. The number of carbonyl (C=O) groups is 3. The summed E-state index contributed by atoms with van der Waals surface area (Å²) in [6, 6.07) is 16.1. The van der Waals surface area contributed by atoms with Crippen LogP contribution in [-0.2, 0) is 14.3 Å². The van der Waals surface area contributed by atoms with Crippen molar-refractivity contribution in [2.75, 3.05) is 6.61 Å². The molecule has 2 aromatic carbocycles. The SMILES string of the molecule is CC(=O)N[C@H](C)C(=O)OCC(=O)c1ccc(-c2ccccc2)cc1. The molecule has 1 N–H and O–H groups in total. The fourth-order valence-corrected chi connectivity index (χ4v) is 2.19. The lowest BCUT2D eigenvalue weighted by Crippen LogP contribution is -2.38. The molecule has 1 atom stereocenters. The molecule has 0 radical (unpaired) electrons. The van der Waals surface area contributed by atoms with Crippen LogP contribution in [0.4, 0.5) is 0 Å². The quantitative estimate of drug-likeness (QED) is 0.654. The van der Waals surface area contributed by atoms with Crippen LogP contribution in [0.3, 0.4) is 0 Å². The fourth-order valence-electron chi connectivity index (χ4n) is 2.19. The summed E-state index contributed by atoms with van der Waals surface area (Å²) in [6.07, 6.45) is 0. The van der Waals surface area contributed by atoms with Gasteiger partial charge in [-0.15, -0.1) is 0 Å². The van der Waals surface area contributed by atoms with Crippen LogP contribution >= 0.6 is 0 Å². The molecule has 1 amide bonds. The number of esters is 1. The Balaban J connectivity index is 1.93. The summed E-state index contributed by atoms with van der Waals surface area (Å²) in [4.78, 5) is 34.6. The molecule has 0 fully saturated rings. The first-order valence-corrected chi connectivity index (χ1v) is 7.60. The average molecular weight is 325 g/mol. The fraction of sp³-hybridized carbons (Fsp3) is 0.211. The number of carbonyl (C=O) groups excluding carboxylic acids is 3. The number of ketones is 1. The predicted molar refractivity (Wildman–Crippen MR) is 90.4 cm³/mol. The largest absolute Gasteiger partial charge is 0.456 e. The van der Waals surface area contributed by atoms with Crippen molar-refractivity contribution in [1.82, 2.24) is 5.32 Å². The summed E-state index contributed by atoms with van der Waals surface area (Å²) in [6.45, 7) is 2.46. The molecule has 2 rings (SSSR count). The van der Waals surface area contributed by atoms with E-state index < -0.39 is 12.0 Å². The number of nitrogens with one attached hydrogen (secondary N) is 1. The molecule has 0 saturated carbocycles. The molecule has 0 aliphatic rings. The van der Waals surface area contributed by atoms with E-state index in [1.807, 2.05) is 42.5 Å². The molecule has 0 aliphatic heterocycles. The van der Waals surface area contributed by atoms with Crippen molar-refractivity contribution in [2.45, 2.75) is 19.9 Å². The highest BCUT2D eigenvalue weighted by Gasteiger charge is 2.17. The second-order valence-electron chi connectivity index (χ2n) is 5.40. The van der Waals surface area contributed by atoms with E-state index in [9.17, 15) is 14.4 Å². The van der Waals surface area contributed by atoms with Crippen LogP contribution in [0, 0.1) is 0 Å². The maximum atomic E-state index is 12.1. The minimum Gasteiger partial charge on any atom is -0.456 e. The number of ether oxygens (including phenoxy) is 1.